The third kappa shape index (κ3) is 4.24. The van der Waals surface area contributed by atoms with E-state index in [9.17, 15) is 0 Å². The highest BCUT2D eigenvalue weighted by atomic mass is 16.5. The molecule has 112 valence electrons. The number of ether oxygens (including phenoxy) is 1. The molecule has 0 bridgehead atoms. The predicted molar refractivity (Wildman–Crippen MR) is 85.2 cm³/mol. The van der Waals surface area contributed by atoms with Gasteiger partial charge in [-0.05, 0) is 39.3 Å². The number of hydrogen-bond donors (Lipinski definition) is 1. The lowest BCUT2D eigenvalue weighted by Gasteiger charge is -2.28. The highest BCUT2D eigenvalue weighted by Gasteiger charge is 2.21. The molecule has 1 aliphatic carbocycles. The summed E-state index contributed by atoms with van der Waals surface area (Å²) < 4.78 is 5.98. The Labute approximate surface area is 123 Å². The minimum absolute atomic E-state index is 0.225. The van der Waals surface area contributed by atoms with Crippen molar-refractivity contribution in [3.63, 3.8) is 0 Å². The van der Waals surface area contributed by atoms with Crippen LogP contribution in [0.15, 0.2) is 24.3 Å². The second-order valence-electron chi connectivity index (χ2n) is 6.29. The fourth-order valence-electron chi connectivity index (χ4n) is 3.29. The lowest BCUT2D eigenvalue weighted by atomic mass is 9.83. The summed E-state index contributed by atoms with van der Waals surface area (Å²) in [4.78, 5) is 0. The smallest absolute Gasteiger partial charge is 0.124 e. The maximum absolute atomic E-state index is 5.98. The molecular formula is C18H29NO. The average molecular weight is 275 g/mol. The summed E-state index contributed by atoms with van der Waals surface area (Å²) in [5.74, 6) is 1.91. The molecule has 2 rings (SSSR count). The summed E-state index contributed by atoms with van der Waals surface area (Å²) in [5.41, 5.74) is 1.31. The van der Waals surface area contributed by atoms with Crippen LogP contribution in [-0.2, 0) is 0 Å². The van der Waals surface area contributed by atoms with Gasteiger partial charge in [-0.15, -0.1) is 0 Å². The van der Waals surface area contributed by atoms with Gasteiger partial charge in [0.2, 0.25) is 0 Å². The molecule has 1 atom stereocenters. The van der Waals surface area contributed by atoms with Crippen LogP contribution in [0.4, 0.5) is 0 Å². The number of benzene rings is 1. The Balaban J connectivity index is 2.09. The van der Waals surface area contributed by atoms with Crippen molar-refractivity contribution in [1.82, 2.24) is 5.32 Å². The van der Waals surface area contributed by atoms with E-state index in [1.807, 2.05) is 0 Å². The lowest BCUT2D eigenvalue weighted by molar-refractivity contribution is 0.234. The summed E-state index contributed by atoms with van der Waals surface area (Å²) in [5, 5.41) is 3.50. The fourth-order valence-corrected chi connectivity index (χ4v) is 3.29. The topological polar surface area (TPSA) is 21.3 Å². The standard InChI is InChI=1S/C18H29NO/c1-14(2)20-18-12-8-7-11-16(18)17(19-3)13-15-9-5-4-6-10-15/h7-8,11-12,14-15,17,19H,4-6,9-10,13H2,1-3H3. The van der Waals surface area contributed by atoms with E-state index in [1.165, 1.54) is 44.1 Å². The second kappa shape index (κ2) is 7.68. The summed E-state index contributed by atoms with van der Waals surface area (Å²) in [6.45, 7) is 4.18. The van der Waals surface area contributed by atoms with Crippen LogP contribution in [-0.4, -0.2) is 13.2 Å². The van der Waals surface area contributed by atoms with E-state index >= 15 is 0 Å². The van der Waals surface area contributed by atoms with Gasteiger partial charge < -0.3 is 10.1 Å². The first-order valence-electron chi connectivity index (χ1n) is 8.13. The normalized spacial score (nSPS) is 18.2. The minimum atomic E-state index is 0.225. The molecule has 1 aliphatic rings. The maximum atomic E-state index is 5.98. The summed E-state index contributed by atoms with van der Waals surface area (Å²) in [6.07, 6.45) is 8.49. The molecule has 1 saturated carbocycles. The molecular weight excluding hydrogens is 246 g/mol. The summed E-state index contributed by atoms with van der Waals surface area (Å²) >= 11 is 0. The molecule has 20 heavy (non-hydrogen) atoms. The first kappa shape index (κ1) is 15.4. The first-order valence-corrected chi connectivity index (χ1v) is 8.13. The molecule has 0 radical (unpaired) electrons. The number of hydrogen-bond acceptors (Lipinski definition) is 2. The van der Waals surface area contributed by atoms with E-state index in [4.69, 9.17) is 4.74 Å². The van der Waals surface area contributed by atoms with Crippen LogP contribution in [0.5, 0.6) is 5.75 Å². The van der Waals surface area contributed by atoms with Gasteiger partial charge in [0.05, 0.1) is 6.10 Å². The Bertz CT molecular complexity index is 396. The summed E-state index contributed by atoms with van der Waals surface area (Å²) in [7, 11) is 2.07. The van der Waals surface area contributed by atoms with Crippen molar-refractivity contribution < 1.29 is 4.74 Å². The maximum Gasteiger partial charge on any atom is 0.124 e. The SMILES string of the molecule is CNC(CC1CCCCC1)c1ccccc1OC(C)C. The Morgan fingerprint density at radius 3 is 2.50 bits per heavy atom. The molecule has 2 nitrogen and oxygen atoms in total. The van der Waals surface area contributed by atoms with Gasteiger partial charge >= 0.3 is 0 Å². The van der Waals surface area contributed by atoms with E-state index in [1.54, 1.807) is 0 Å². The number of para-hydroxylation sites is 1. The zero-order valence-electron chi connectivity index (χ0n) is 13.2. The zero-order valence-corrected chi connectivity index (χ0v) is 13.2. The molecule has 0 spiro atoms. The van der Waals surface area contributed by atoms with Crippen molar-refractivity contribution in [2.45, 2.75) is 64.5 Å². The van der Waals surface area contributed by atoms with E-state index in [-0.39, 0.29) is 6.10 Å². The van der Waals surface area contributed by atoms with Gasteiger partial charge in [0.15, 0.2) is 0 Å². The highest BCUT2D eigenvalue weighted by molar-refractivity contribution is 5.36. The van der Waals surface area contributed by atoms with Crippen molar-refractivity contribution in [3.05, 3.63) is 29.8 Å². The van der Waals surface area contributed by atoms with Gasteiger partial charge in [-0.2, -0.15) is 0 Å². The Morgan fingerprint density at radius 1 is 1.15 bits per heavy atom. The van der Waals surface area contributed by atoms with Gasteiger partial charge in [0, 0.05) is 11.6 Å². The van der Waals surface area contributed by atoms with Crippen LogP contribution >= 0.6 is 0 Å². The lowest BCUT2D eigenvalue weighted by Crippen LogP contribution is -2.22. The minimum Gasteiger partial charge on any atom is -0.491 e. The van der Waals surface area contributed by atoms with E-state index < -0.39 is 0 Å². The Morgan fingerprint density at radius 2 is 1.85 bits per heavy atom. The molecule has 0 aliphatic heterocycles. The molecule has 1 fully saturated rings. The zero-order chi connectivity index (χ0) is 14.4. The van der Waals surface area contributed by atoms with Crippen molar-refractivity contribution in [1.29, 1.82) is 0 Å². The molecule has 0 amide bonds. The number of nitrogens with one attached hydrogen (secondary N) is 1. The fraction of sp³-hybridized carbons (Fsp3) is 0.667. The third-order valence-electron chi connectivity index (χ3n) is 4.30. The van der Waals surface area contributed by atoms with Crippen LogP contribution in [0.2, 0.25) is 0 Å². The van der Waals surface area contributed by atoms with Crippen LogP contribution in [0.25, 0.3) is 0 Å². The summed E-state index contributed by atoms with van der Waals surface area (Å²) in [6, 6.07) is 8.90. The van der Waals surface area contributed by atoms with Crippen molar-refractivity contribution in [3.8, 4) is 5.75 Å². The van der Waals surface area contributed by atoms with E-state index in [0.29, 0.717) is 6.04 Å². The Hall–Kier alpha value is -1.02. The molecule has 1 N–H and O–H groups in total. The second-order valence-corrected chi connectivity index (χ2v) is 6.29. The van der Waals surface area contributed by atoms with Gasteiger partial charge in [-0.1, -0.05) is 50.3 Å². The molecule has 0 saturated heterocycles. The molecule has 1 unspecified atom stereocenters. The van der Waals surface area contributed by atoms with Crippen LogP contribution in [0.3, 0.4) is 0 Å². The van der Waals surface area contributed by atoms with E-state index in [0.717, 1.165) is 11.7 Å². The first-order chi connectivity index (χ1) is 9.70. The molecule has 1 aromatic carbocycles. The van der Waals surface area contributed by atoms with Crippen LogP contribution in [0.1, 0.15) is 64.0 Å². The monoisotopic (exact) mass is 275 g/mol. The van der Waals surface area contributed by atoms with Gasteiger partial charge in [0.25, 0.3) is 0 Å². The van der Waals surface area contributed by atoms with Gasteiger partial charge in [-0.25, -0.2) is 0 Å². The van der Waals surface area contributed by atoms with Gasteiger partial charge in [0.1, 0.15) is 5.75 Å². The quantitative estimate of drug-likeness (QED) is 0.812. The third-order valence-corrected chi connectivity index (χ3v) is 4.30. The van der Waals surface area contributed by atoms with Gasteiger partial charge in [-0.3, -0.25) is 0 Å². The Kier molecular flexibility index (Phi) is 5.90. The average Bonchev–Trinajstić information content (AvgIpc) is 2.46. The largest absolute Gasteiger partial charge is 0.491 e. The van der Waals surface area contributed by atoms with Crippen molar-refractivity contribution in [2.24, 2.45) is 5.92 Å². The molecule has 1 aromatic rings. The van der Waals surface area contributed by atoms with Crippen molar-refractivity contribution in [2.75, 3.05) is 7.05 Å². The predicted octanol–water partition coefficient (Wildman–Crippen LogP) is 4.70. The molecule has 2 heteroatoms. The van der Waals surface area contributed by atoms with Crippen LogP contribution in [0, 0.1) is 5.92 Å². The van der Waals surface area contributed by atoms with Crippen molar-refractivity contribution >= 4 is 0 Å². The molecule has 0 aromatic heterocycles. The molecule has 0 heterocycles. The highest BCUT2D eigenvalue weighted by Crippen LogP contribution is 2.35. The van der Waals surface area contributed by atoms with E-state index in [2.05, 4.69) is 50.5 Å². The van der Waals surface area contributed by atoms with Crippen LogP contribution < -0.4 is 10.1 Å². The number of rotatable bonds is 6.